The van der Waals surface area contributed by atoms with Crippen LogP contribution in [0.2, 0.25) is 0 Å². The number of hydrogen-bond donors (Lipinski definition) is 0. The lowest BCUT2D eigenvalue weighted by atomic mass is 10.1. The zero-order chi connectivity index (χ0) is 13.2. The van der Waals surface area contributed by atoms with Gasteiger partial charge in [0.1, 0.15) is 11.7 Å². The van der Waals surface area contributed by atoms with E-state index in [1.807, 2.05) is 34.9 Å². The highest BCUT2D eigenvalue weighted by molar-refractivity contribution is 6.30. The van der Waals surface area contributed by atoms with Crippen LogP contribution >= 0.6 is 11.6 Å². The third-order valence-corrected chi connectivity index (χ3v) is 3.70. The van der Waals surface area contributed by atoms with E-state index in [-0.39, 0.29) is 5.91 Å². The first kappa shape index (κ1) is 12.2. The lowest BCUT2D eigenvalue weighted by Crippen LogP contribution is -2.39. The molecule has 0 N–H and O–H groups in total. The SMILES string of the molecule is O=C(C(Cl)c1ccccc1)N1CCn2cnnc2C1. The van der Waals surface area contributed by atoms with Gasteiger partial charge in [0.2, 0.25) is 5.91 Å². The van der Waals surface area contributed by atoms with Gasteiger partial charge >= 0.3 is 0 Å². The van der Waals surface area contributed by atoms with Crippen molar-refractivity contribution in [1.29, 1.82) is 0 Å². The zero-order valence-corrected chi connectivity index (χ0v) is 11.0. The Kier molecular flexibility index (Phi) is 3.21. The number of halogens is 1. The number of carbonyl (C=O) groups is 1. The summed E-state index contributed by atoms with van der Waals surface area (Å²) in [5.74, 6) is 0.721. The Morgan fingerprint density at radius 3 is 2.84 bits per heavy atom. The molecule has 1 aromatic heterocycles. The van der Waals surface area contributed by atoms with Crippen LogP contribution in [0, 0.1) is 0 Å². The smallest absolute Gasteiger partial charge is 0.245 e. The van der Waals surface area contributed by atoms with Gasteiger partial charge in [-0.25, -0.2) is 0 Å². The van der Waals surface area contributed by atoms with Crippen molar-refractivity contribution in [2.45, 2.75) is 18.5 Å². The van der Waals surface area contributed by atoms with E-state index in [2.05, 4.69) is 10.2 Å². The van der Waals surface area contributed by atoms with Crippen LogP contribution in [0.25, 0.3) is 0 Å². The molecule has 0 spiro atoms. The first-order valence-corrected chi connectivity index (χ1v) is 6.54. The molecule has 0 aliphatic carbocycles. The molecule has 1 aliphatic heterocycles. The summed E-state index contributed by atoms with van der Waals surface area (Å²) in [6.07, 6.45) is 1.69. The predicted octanol–water partition coefficient (Wildman–Crippen LogP) is 1.60. The summed E-state index contributed by atoms with van der Waals surface area (Å²) in [5.41, 5.74) is 0.821. The number of fused-ring (bicyclic) bond motifs is 1. The summed E-state index contributed by atoms with van der Waals surface area (Å²) < 4.78 is 1.95. The third-order valence-electron chi connectivity index (χ3n) is 3.26. The average molecular weight is 277 g/mol. The molecular formula is C13H13ClN4O. The Morgan fingerprint density at radius 2 is 2.05 bits per heavy atom. The second-order valence-corrected chi connectivity index (χ2v) is 4.91. The van der Waals surface area contributed by atoms with Gasteiger partial charge in [-0.3, -0.25) is 4.79 Å². The molecule has 1 atom stereocenters. The van der Waals surface area contributed by atoms with Gasteiger partial charge in [0.15, 0.2) is 5.82 Å². The fraction of sp³-hybridized carbons (Fsp3) is 0.308. The van der Waals surface area contributed by atoms with Crippen molar-refractivity contribution >= 4 is 17.5 Å². The standard InChI is InChI=1S/C13H13ClN4O/c14-12(10-4-2-1-3-5-10)13(19)17-6-7-18-9-15-16-11(18)8-17/h1-5,9,12H,6-8H2. The highest BCUT2D eigenvalue weighted by Crippen LogP contribution is 2.24. The van der Waals surface area contributed by atoms with Gasteiger partial charge in [-0.2, -0.15) is 0 Å². The second kappa shape index (κ2) is 5.01. The number of carbonyl (C=O) groups excluding carboxylic acids is 1. The van der Waals surface area contributed by atoms with Crippen molar-refractivity contribution in [2.75, 3.05) is 6.54 Å². The van der Waals surface area contributed by atoms with E-state index in [4.69, 9.17) is 11.6 Å². The van der Waals surface area contributed by atoms with Crippen LogP contribution in [-0.2, 0) is 17.9 Å². The largest absolute Gasteiger partial charge is 0.332 e. The molecule has 2 heterocycles. The lowest BCUT2D eigenvalue weighted by molar-refractivity contribution is -0.132. The number of aromatic nitrogens is 3. The van der Waals surface area contributed by atoms with Gasteiger partial charge in [-0.15, -0.1) is 21.8 Å². The molecule has 0 fully saturated rings. The molecule has 1 aromatic carbocycles. The highest BCUT2D eigenvalue weighted by atomic mass is 35.5. The number of hydrogen-bond acceptors (Lipinski definition) is 3. The molecule has 5 nitrogen and oxygen atoms in total. The van der Waals surface area contributed by atoms with Crippen molar-refractivity contribution in [3.8, 4) is 0 Å². The number of benzene rings is 1. The first-order chi connectivity index (χ1) is 9.25. The fourth-order valence-corrected chi connectivity index (χ4v) is 2.46. The maximum atomic E-state index is 12.4. The highest BCUT2D eigenvalue weighted by Gasteiger charge is 2.27. The van der Waals surface area contributed by atoms with Gasteiger partial charge in [-0.1, -0.05) is 30.3 Å². The van der Waals surface area contributed by atoms with Crippen LogP contribution in [0.1, 0.15) is 16.8 Å². The van der Waals surface area contributed by atoms with Crippen LogP contribution < -0.4 is 0 Å². The van der Waals surface area contributed by atoms with Crippen LogP contribution in [0.5, 0.6) is 0 Å². The summed E-state index contributed by atoms with van der Waals surface area (Å²) in [6.45, 7) is 1.82. The summed E-state index contributed by atoms with van der Waals surface area (Å²) in [4.78, 5) is 14.1. The number of alkyl halides is 1. The normalized spacial score (nSPS) is 15.9. The average Bonchev–Trinajstić information content (AvgIpc) is 2.94. The molecule has 2 aromatic rings. The summed E-state index contributed by atoms with van der Waals surface area (Å²) in [7, 11) is 0. The molecule has 0 saturated carbocycles. The molecule has 3 rings (SSSR count). The van der Waals surface area contributed by atoms with E-state index in [0.717, 1.165) is 11.4 Å². The molecule has 1 amide bonds. The van der Waals surface area contributed by atoms with E-state index in [1.165, 1.54) is 0 Å². The summed E-state index contributed by atoms with van der Waals surface area (Å²) >= 11 is 6.26. The van der Waals surface area contributed by atoms with Crippen molar-refractivity contribution in [3.63, 3.8) is 0 Å². The van der Waals surface area contributed by atoms with Crippen LogP contribution in [-0.4, -0.2) is 32.1 Å². The number of amides is 1. The number of nitrogens with zero attached hydrogens (tertiary/aromatic N) is 4. The Bertz CT molecular complexity index is 583. The summed E-state index contributed by atoms with van der Waals surface area (Å²) in [5, 5.41) is 7.20. The van der Waals surface area contributed by atoms with Crippen molar-refractivity contribution in [1.82, 2.24) is 19.7 Å². The predicted molar refractivity (Wildman–Crippen MR) is 70.5 cm³/mol. The monoisotopic (exact) mass is 276 g/mol. The second-order valence-electron chi connectivity index (χ2n) is 4.47. The molecule has 98 valence electrons. The molecule has 1 aliphatic rings. The zero-order valence-electron chi connectivity index (χ0n) is 10.2. The quantitative estimate of drug-likeness (QED) is 0.783. The molecule has 0 saturated heterocycles. The maximum absolute atomic E-state index is 12.4. The molecule has 0 bridgehead atoms. The first-order valence-electron chi connectivity index (χ1n) is 6.10. The Morgan fingerprint density at radius 1 is 1.26 bits per heavy atom. The van der Waals surface area contributed by atoms with Crippen LogP contribution in [0.3, 0.4) is 0 Å². The molecular weight excluding hydrogens is 264 g/mol. The van der Waals surface area contributed by atoms with Crippen molar-refractivity contribution in [2.24, 2.45) is 0 Å². The Labute approximate surface area is 115 Å². The van der Waals surface area contributed by atoms with Crippen molar-refractivity contribution < 1.29 is 4.79 Å². The lowest BCUT2D eigenvalue weighted by Gasteiger charge is -2.28. The molecule has 0 radical (unpaired) electrons. The summed E-state index contributed by atoms with van der Waals surface area (Å²) in [6, 6.07) is 9.39. The van der Waals surface area contributed by atoms with E-state index in [0.29, 0.717) is 19.6 Å². The Hall–Kier alpha value is -1.88. The van der Waals surface area contributed by atoms with E-state index in [9.17, 15) is 4.79 Å². The maximum Gasteiger partial charge on any atom is 0.245 e. The Balaban J connectivity index is 1.75. The van der Waals surface area contributed by atoms with Gasteiger partial charge in [0.25, 0.3) is 0 Å². The minimum Gasteiger partial charge on any atom is -0.332 e. The van der Waals surface area contributed by atoms with Gasteiger partial charge in [0.05, 0.1) is 6.54 Å². The minimum atomic E-state index is -0.643. The van der Waals surface area contributed by atoms with E-state index >= 15 is 0 Å². The van der Waals surface area contributed by atoms with E-state index < -0.39 is 5.38 Å². The van der Waals surface area contributed by atoms with Gasteiger partial charge in [0, 0.05) is 13.1 Å². The fourth-order valence-electron chi connectivity index (χ4n) is 2.18. The van der Waals surface area contributed by atoms with Crippen LogP contribution in [0.15, 0.2) is 36.7 Å². The topological polar surface area (TPSA) is 51.0 Å². The third kappa shape index (κ3) is 2.33. The van der Waals surface area contributed by atoms with Crippen LogP contribution in [0.4, 0.5) is 0 Å². The van der Waals surface area contributed by atoms with E-state index in [1.54, 1.807) is 11.2 Å². The van der Waals surface area contributed by atoms with Gasteiger partial charge < -0.3 is 9.47 Å². The molecule has 1 unspecified atom stereocenters. The number of rotatable bonds is 2. The van der Waals surface area contributed by atoms with Crippen molar-refractivity contribution in [3.05, 3.63) is 48.0 Å². The molecule has 19 heavy (non-hydrogen) atoms. The molecule has 6 heteroatoms. The minimum absolute atomic E-state index is 0.0814. The van der Waals surface area contributed by atoms with Gasteiger partial charge in [-0.05, 0) is 5.56 Å².